The Kier molecular flexibility index (Phi) is 5.10. The summed E-state index contributed by atoms with van der Waals surface area (Å²) in [6, 6.07) is 14.2. The van der Waals surface area contributed by atoms with Crippen LogP contribution in [-0.2, 0) is 9.59 Å². The highest BCUT2D eigenvalue weighted by Crippen LogP contribution is 2.34. The van der Waals surface area contributed by atoms with E-state index in [0.717, 1.165) is 5.56 Å². The molecule has 1 aromatic heterocycles. The molecular weight excluding hydrogens is 374 g/mol. The highest BCUT2D eigenvalue weighted by molar-refractivity contribution is 5.92. The second-order valence-electron chi connectivity index (χ2n) is 6.41. The minimum absolute atomic E-state index is 0.132. The van der Waals surface area contributed by atoms with Crippen LogP contribution in [0.15, 0.2) is 54.9 Å². The van der Waals surface area contributed by atoms with Gasteiger partial charge in [-0.1, -0.05) is 24.3 Å². The minimum Gasteiger partial charge on any atom is -0.493 e. The molecule has 1 atom stereocenters. The first kappa shape index (κ1) is 18.5. The average Bonchev–Trinajstić information content (AvgIpc) is 3.20. The maximum absolute atomic E-state index is 12.1. The molecule has 1 aliphatic heterocycles. The molecule has 3 aromatic rings. The van der Waals surface area contributed by atoms with Crippen LogP contribution in [0.25, 0.3) is 0 Å². The first-order valence-corrected chi connectivity index (χ1v) is 8.99. The molecule has 1 aliphatic rings. The summed E-state index contributed by atoms with van der Waals surface area (Å²) in [7, 11) is 1.52. The Morgan fingerprint density at radius 2 is 2.07 bits per heavy atom. The number of para-hydroxylation sites is 1. The van der Waals surface area contributed by atoms with Crippen LogP contribution in [0.5, 0.6) is 11.5 Å². The van der Waals surface area contributed by atoms with Crippen molar-refractivity contribution in [3.63, 3.8) is 0 Å². The fourth-order valence-electron chi connectivity index (χ4n) is 3.14. The first-order valence-electron chi connectivity index (χ1n) is 8.99. The molecular formula is C20H19N5O4. The number of carbonyl (C=O) groups excluding carboxylic acids is 2. The van der Waals surface area contributed by atoms with Crippen LogP contribution in [0.1, 0.15) is 18.0 Å². The monoisotopic (exact) mass is 393 g/mol. The van der Waals surface area contributed by atoms with Crippen LogP contribution in [0.2, 0.25) is 0 Å². The lowest BCUT2D eigenvalue weighted by molar-refractivity contribution is -0.118. The smallest absolute Gasteiger partial charge is 0.262 e. The second kappa shape index (κ2) is 8.01. The third kappa shape index (κ3) is 4.03. The van der Waals surface area contributed by atoms with Gasteiger partial charge in [0.15, 0.2) is 18.1 Å². The Hall–Kier alpha value is -3.88. The van der Waals surface area contributed by atoms with Gasteiger partial charge in [-0.15, -0.1) is 0 Å². The lowest BCUT2D eigenvalue weighted by Gasteiger charge is -2.24. The fourth-order valence-corrected chi connectivity index (χ4v) is 3.14. The predicted molar refractivity (Wildman–Crippen MR) is 105 cm³/mol. The van der Waals surface area contributed by atoms with Gasteiger partial charge in [-0.05, 0) is 29.8 Å². The van der Waals surface area contributed by atoms with Gasteiger partial charge in [-0.2, -0.15) is 10.1 Å². The van der Waals surface area contributed by atoms with Crippen molar-refractivity contribution in [3.8, 4) is 11.5 Å². The van der Waals surface area contributed by atoms with Crippen molar-refractivity contribution in [2.45, 2.75) is 12.5 Å². The summed E-state index contributed by atoms with van der Waals surface area (Å²) in [6.45, 7) is -0.163. The number of fused-ring (bicyclic) bond motifs is 1. The average molecular weight is 393 g/mol. The van der Waals surface area contributed by atoms with Crippen LogP contribution in [0.4, 0.5) is 11.6 Å². The zero-order chi connectivity index (χ0) is 20.2. The molecule has 2 N–H and O–H groups in total. The maximum atomic E-state index is 12.1. The summed E-state index contributed by atoms with van der Waals surface area (Å²) >= 11 is 0. The summed E-state index contributed by atoms with van der Waals surface area (Å²) in [5.74, 6) is 0.884. The molecule has 0 aliphatic carbocycles. The highest BCUT2D eigenvalue weighted by atomic mass is 16.5. The van der Waals surface area contributed by atoms with Crippen molar-refractivity contribution in [2.24, 2.45) is 0 Å². The molecule has 2 amide bonds. The van der Waals surface area contributed by atoms with Gasteiger partial charge >= 0.3 is 0 Å². The number of nitrogens with zero attached hydrogens (tertiary/aromatic N) is 3. The van der Waals surface area contributed by atoms with Gasteiger partial charge in [0.2, 0.25) is 11.9 Å². The number of amides is 2. The number of anilines is 2. The Balaban J connectivity index is 1.48. The Morgan fingerprint density at radius 3 is 2.86 bits per heavy atom. The number of methoxy groups -OCH3 is 1. The third-order valence-electron chi connectivity index (χ3n) is 4.49. The molecule has 4 rings (SSSR count). The number of aromatic nitrogens is 3. The van der Waals surface area contributed by atoms with Crippen molar-refractivity contribution in [3.05, 3.63) is 60.4 Å². The predicted octanol–water partition coefficient (Wildman–Crippen LogP) is 2.24. The second-order valence-corrected chi connectivity index (χ2v) is 6.41. The number of hydrogen-bond acceptors (Lipinski definition) is 6. The standard InChI is InChI=1S/C20H19N5O4/c1-28-17-9-13(15-10-18(26)24-20-21-12-22-25(15)20)7-8-16(17)29-11-19(27)23-14-5-3-2-4-6-14/h2-9,12,15H,10-11H2,1H3,(H,23,27)(H,21,22,24,26). The topological polar surface area (TPSA) is 107 Å². The highest BCUT2D eigenvalue weighted by Gasteiger charge is 2.28. The third-order valence-corrected chi connectivity index (χ3v) is 4.49. The van der Waals surface area contributed by atoms with E-state index in [1.165, 1.54) is 13.4 Å². The van der Waals surface area contributed by atoms with Gasteiger partial charge in [0.05, 0.1) is 19.6 Å². The van der Waals surface area contributed by atoms with Gasteiger partial charge in [0.1, 0.15) is 6.33 Å². The van der Waals surface area contributed by atoms with Crippen molar-refractivity contribution in [1.29, 1.82) is 0 Å². The molecule has 2 aromatic carbocycles. The van der Waals surface area contributed by atoms with Crippen LogP contribution < -0.4 is 20.1 Å². The summed E-state index contributed by atoms with van der Waals surface area (Å²) in [5, 5.41) is 9.63. The zero-order valence-electron chi connectivity index (χ0n) is 15.7. The number of rotatable bonds is 6. The van der Waals surface area contributed by atoms with Crippen molar-refractivity contribution in [1.82, 2.24) is 14.8 Å². The summed E-state index contributed by atoms with van der Waals surface area (Å²) < 4.78 is 12.7. The molecule has 9 heteroatoms. The van der Waals surface area contributed by atoms with Crippen molar-refractivity contribution in [2.75, 3.05) is 24.4 Å². The van der Waals surface area contributed by atoms with Gasteiger partial charge in [-0.25, -0.2) is 4.68 Å². The van der Waals surface area contributed by atoms with Crippen molar-refractivity contribution < 1.29 is 19.1 Å². The lowest BCUT2D eigenvalue weighted by atomic mass is 10.0. The number of ether oxygens (including phenoxy) is 2. The van der Waals surface area contributed by atoms with E-state index in [1.54, 1.807) is 28.9 Å². The number of carbonyl (C=O) groups is 2. The Bertz CT molecular complexity index is 1030. The van der Waals surface area contributed by atoms with E-state index in [4.69, 9.17) is 9.47 Å². The molecule has 2 heterocycles. The fraction of sp³-hybridized carbons (Fsp3) is 0.200. The molecule has 0 saturated heterocycles. The maximum Gasteiger partial charge on any atom is 0.262 e. The molecule has 29 heavy (non-hydrogen) atoms. The van der Waals surface area contributed by atoms with E-state index in [-0.39, 0.29) is 30.9 Å². The molecule has 1 unspecified atom stereocenters. The van der Waals surface area contributed by atoms with Crippen LogP contribution in [0, 0.1) is 0 Å². The van der Waals surface area contributed by atoms with Gasteiger partial charge in [0, 0.05) is 5.69 Å². The van der Waals surface area contributed by atoms with Crippen LogP contribution in [-0.4, -0.2) is 40.3 Å². The Labute approximate surface area is 166 Å². The number of benzene rings is 2. The van der Waals surface area contributed by atoms with E-state index >= 15 is 0 Å². The SMILES string of the molecule is COc1cc(C2CC(=O)Nc3ncnn32)ccc1OCC(=O)Nc1ccccc1. The van der Waals surface area contributed by atoms with Gasteiger partial charge in [0.25, 0.3) is 5.91 Å². The molecule has 148 valence electrons. The molecule has 9 nitrogen and oxygen atoms in total. The Morgan fingerprint density at radius 1 is 1.24 bits per heavy atom. The summed E-state index contributed by atoms with van der Waals surface area (Å²) in [6.07, 6.45) is 1.63. The first-order chi connectivity index (χ1) is 14.1. The van der Waals surface area contributed by atoms with E-state index < -0.39 is 0 Å². The summed E-state index contributed by atoms with van der Waals surface area (Å²) in [5.41, 5.74) is 1.52. The number of nitrogens with one attached hydrogen (secondary N) is 2. The van der Waals surface area contributed by atoms with Crippen LogP contribution in [0.3, 0.4) is 0 Å². The normalized spacial score (nSPS) is 15.2. The van der Waals surface area contributed by atoms with Gasteiger partial charge in [-0.3, -0.25) is 14.9 Å². The quantitative estimate of drug-likeness (QED) is 0.665. The van der Waals surface area contributed by atoms with Crippen molar-refractivity contribution >= 4 is 23.5 Å². The molecule has 0 saturated carbocycles. The minimum atomic E-state index is -0.300. The van der Waals surface area contributed by atoms with E-state index in [1.807, 2.05) is 24.3 Å². The molecule has 0 bridgehead atoms. The molecule has 0 radical (unpaired) electrons. The lowest BCUT2D eigenvalue weighted by Crippen LogP contribution is -2.29. The molecule has 0 spiro atoms. The van der Waals surface area contributed by atoms with Gasteiger partial charge < -0.3 is 14.8 Å². The van der Waals surface area contributed by atoms with E-state index in [9.17, 15) is 9.59 Å². The zero-order valence-corrected chi connectivity index (χ0v) is 15.7. The van der Waals surface area contributed by atoms with Crippen LogP contribution >= 0.6 is 0 Å². The molecule has 0 fully saturated rings. The summed E-state index contributed by atoms with van der Waals surface area (Å²) in [4.78, 5) is 28.1. The largest absolute Gasteiger partial charge is 0.493 e. The van der Waals surface area contributed by atoms with E-state index in [0.29, 0.717) is 23.1 Å². The number of hydrogen-bond donors (Lipinski definition) is 2. The van der Waals surface area contributed by atoms with E-state index in [2.05, 4.69) is 20.7 Å².